The van der Waals surface area contributed by atoms with Crippen molar-refractivity contribution >= 4 is 23.5 Å². The lowest BCUT2D eigenvalue weighted by molar-refractivity contribution is -0.185. The van der Waals surface area contributed by atoms with Crippen molar-refractivity contribution in [1.29, 1.82) is 0 Å². The number of ketones is 1. The summed E-state index contributed by atoms with van der Waals surface area (Å²) < 4.78 is 5.34. The average Bonchev–Trinajstić information content (AvgIpc) is 2.66. The van der Waals surface area contributed by atoms with Crippen LogP contribution in [-0.2, 0) is 9.63 Å². The number of nitrogens with zero attached hydrogens (tertiary/aromatic N) is 1. The van der Waals surface area contributed by atoms with E-state index < -0.39 is 12.0 Å². The van der Waals surface area contributed by atoms with Crippen molar-refractivity contribution in [2.75, 3.05) is 20.3 Å². The van der Waals surface area contributed by atoms with Gasteiger partial charge in [0.25, 0.3) is 0 Å². The zero-order chi connectivity index (χ0) is 19.8. The number of rotatable bonds is 9. The maximum absolute atomic E-state index is 12.5. The van der Waals surface area contributed by atoms with E-state index in [0.717, 1.165) is 9.79 Å². The number of hydrogen-bond acceptors (Lipinski definition) is 7. The molecule has 6 nitrogen and oxygen atoms in total. The summed E-state index contributed by atoms with van der Waals surface area (Å²) in [5.41, 5.74) is 0.554. The van der Waals surface area contributed by atoms with E-state index in [0.29, 0.717) is 11.3 Å². The van der Waals surface area contributed by atoms with E-state index in [9.17, 15) is 9.59 Å². The number of ether oxygens (including phenoxy) is 1. The van der Waals surface area contributed by atoms with Gasteiger partial charge in [-0.1, -0.05) is 23.9 Å². The normalized spacial score (nSPS) is 11.9. The molecule has 27 heavy (non-hydrogen) atoms. The van der Waals surface area contributed by atoms with Gasteiger partial charge in [-0.2, -0.15) is 0 Å². The van der Waals surface area contributed by atoms with E-state index >= 15 is 0 Å². The third-order valence-corrected chi connectivity index (χ3v) is 4.77. The smallest absolute Gasteiger partial charge is 0.322 e. The SMILES string of the molecule is CC(=O)ON(C)C(C)C(=O)c1ccc(Sc2ccc(OCCO)cc2)cc1. The first-order chi connectivity index (χ1) is 12.9. The summed E-state index contributed by atoms with van der Waals surface area (Å²) in [5, 5.41) is 10.0. The lowest BCUT2D eigenvalue weighted by atomic mass is 10.1. The molecule has 2 aromatic carbocycles. The molecule has 2 rings (SSSR count). The van der Waals surface area contributed by atoms with Crippen LogP contribution < -0.4 is 4.74 Å². The van der Waals surface area contributed by atoms with Gasteiger partial charge in [0.15, 0.2) is 5.78 Å². The van der Waals surface area contributed by atoms with Crippen LogP contribution in [0, 0.1) is 0 Å². The lowest BCUT2D eigenvalue weighted by Crippen LogP contribution is -2.37. The van der Waals surface area contributed by atoms with Crippen molar-refractivity contribution in [3.63, 3.8) is 0 Å². The molecule has 144 valence electrons. The molecule has 0 aromatic heterocycles. The highest BCUT2D eigenvalue weighted by Crippen LogP contribution is 2.29. The highest BCUT2D eigenvalue weighted by molar-refractivity contribution is 7.99. The van der Waals surface area contributed by atoms with E-state index in [4.69, 9.17) is 14.7 Å². The standard InChI is InChI=1S/C20H23NO5S/c1-14(21(3)26-15(2)23)20(24)16-4-8-18(9-5-16)27-19-10-6-17(7-11-19)25-13-12-22/h4-11,14,22H,12-13H2,1-3H3. The van der Waals surface area contributed by atoms with Crippen molar-refractivity contribution in [2.24, 2.45) is 0 Å². The molecular formula is C20H23NO5S. The number of aliphatic hydroxyl groups excluding tert-OH is 1. The van der Waals surface area contributed by atoms with Gasteiger partial charge in [0.2, 0.25) is 0 Å². The number of likely N-dealkylation sites (N-methyl/N-ethyl adjacent to an activating group) is 1. The van der Waals surface area contributed by atoms with Gasteiger partial charge in [-0.25, -0.2) is 0 Å². The van der Waals surface area contributed by atoms with Crippen LogP contribution in [0.1, 0.15) is 24.2 Å². The van der Waals surface area contributed by atoms with Crippen LogP contribution in [0.3, 0.4) is 0 Å². The van der Waals surface area contributed by atoms with E-state index in [1.54, 1.807) is 37.9 Å². The Balaban J connectivity index is 1.98. The molecule has 1 unspecified atom stereocenters. The van der Waals surface area contributed by atoms with Gasteiger partial charge >= 0.3 is 5.97 Å². The van der Waals surface area contributed by atoms with Crippen LogP contribution in [0.4, 0.5) is 0 Å². The maximum atomic E-state index is 12.5. The summed E-state index contributed by atoms with van der Waals surface area (Å²) in [6, 6.07) is 14.3. The van der Waals surface area contributed by atoms with Crippen molar-refractivity contribution in [3.05, 3.63) is 54.1 Å². The van der Waals surface area contributed by atoms with Gasteiger partial charge in [0.1, 0.15) is 18.4 Å². The largest absolute Gasteiger partial charge is 0.491 e. The van der Waals surface area contributed by atoms with E-state index in [1.165, 1.54) is 12.0 Å². The predicted molar refractivity (Wildman–Crippen MR) is 103 cm³/mol. The summed E-state index contributed by atoms with van der Waals surface area (Å²) in [7, 11) is 1.56. The van der Waals surface area contributed by atoms with Crippen LogP contribution in [0.2, 0.25) is 0 Å². The molecule has 0 saturated heterocycles. The first-order valence-electron chi connectivity index (χ1n) is 8.48. The van der Waals surface area contributed by atoms with Gasteiger partial charge < -0.3 is 14.7 Å². The molecule has 0 amide bonds. The summed E-state index contributed by atoms with van der Waals surface area (Å²) in [6.07, 6.45) is 0. The van der Waals surface area contributed by atoms with Gasteiger partial charge in [0, 0.05) is 29.3 Å². The molecule has 0 aliphatic rings. The number of benzene rings is 2. The van der Waals surface area contributed by atoms with Gasteiger partial charge in [-0.3, -0.25) is 9.59 Å². The minimum Gasteiger partial charge on any atom is -0.491 e. The molecule has 0 aliphatic heterocycles. The molecule has 0 aliphatic carbocycles. The van der Waals surface area contributed by atoms with Crippen molar-refractivity contribution in [3.8, 4) is 5.75 Å². The second-order valence-electron chi connectivity index (χ2n) is 5.84. The summed E-state index contributed by atoms with van der Waals surface area (Å²) in [4.78, 5) is 30.5. The second-order valence-corrected chi connectivity index (χ2v) is 6.99. The molecule has 1 N–H and O–H groups in total. The van der Waals surface area contributed by atoms with Crippen LogP contribution in [0.5, 0.6) is 5.75 Å². The highest BCUT2D eigenvalue weighted by Gasteiger charge is 2.21. The quantitative estimate of drug-likeness (QED) is 0.521. The zero-order valence-corrected chi connectivity index (χ0v) is 16.4. The summed E-state index contributed by atoms with van der Waals surface area (Å²) in [6.45, 7) is 3.24. The average molecular weight is 389 g/mol. The van der Waals surface area contributed by atoms with Gasteiger partial charge in [0.05, 0.1) is 6.61 Å². The monoisotopic (exact) mass is 389 g/mol. The zero-order valence-electron chi connectivity index (χ0n) is 15.5. The number of Topliss-reactive ketones (excluding diaryl/α,β-unsaturated/α-hetero) is 1. The first kappa shape index (κ1) is 21.0. The van der Waals surface area contributed by atoms with Gasteiger partial charge in [-0.05, 0) is 43.3 Å². The number of hydrogen-bond donors (Lipinski definition) is 1. The molecule has 0 bridgehead atoms. The topological polar surface area (TPSA) is 76.1 Å². The lowest BCUT2D eigenvalue weighted by Gasteiger charge is -2.21. The highest BCUT2D eigenvalue weighted by atomic mass is 32.2. The molecule has 7 heteroatoms. The minimum atomic E-state index is -0.570. The molecule has 1 atom stereocenters. The van der Waals surface area contributed by atoms with E-state index in [1.807, 2.05) is 36.4 Å². The van der Waals surface area contributed by atoms with E-state index in [-0.39, 0.29) is 19.0 Å². The van der Waals surface area contributed by atoms with Crippen LogP contribution in [0.15, 0.2) is 58.3 Å². The van der Waals surface area contributed by atoms with E-state index in [2.05, 4.69) is 0 Å². The van der Waals surface area contributed by atoms with Crippen molar-refractivity contribution in [1.82, 2.24) is 5.06 Å². The maximum Gasteiger partial charge on any atom is 0.322 e. The fourth-order valence-corrected chi connectivity index (χ4v) is 3.10. The molecule has 0 heterocycles. The van der Waals surface area contributed by atoms with Crippen LogP contribution in [-0.4, -0.2) is 48.2 Å². The number of carbonyl (C=O) groups excluding carboxylic acids is 2. The number of carbonyl (C=O) groups is 2. The molecule has 2 aromatic rings. The van der Waals surface area contributed by atoms with Crippen molar-refractivity contribution < 1.29 is 24.3 Å². The molecule has 0 saturated carbocycles. The Morgan fingerprint density at radius 3 is 2.15 bits per heavy atom. The minimum absolute atomic E-state index is 0.0170. The Bertz CT molecular complexity index is 761. The fourth-order valence-electron chi connectivity index (χ4n) is 2.28. The molecule has 0 fully saturated rings. The fraction of sp³-hybridized carbons (Fsp3) is 0.300. The number of aliphatic hydroxyl groups is 1. The Hall–Kier alpha value is -2.35. The second kappa shape index (κ2) is 10.1. The first-order valence-corrected chi connectivity index (χ1v) is 9.29. The van der Waals surface area contributed by atoms with Crippen LogP contribution in [0.25, 0.3) is 0 Å². The third-order valence-electron chi connectivity index (χ3n) is 3.76. The predicted octanol–water partition coefficient (Wildman–Crippen LogP) is 3.19. The summed E-state index contributed by atoms with van der Waals surface area (Å²) >= 11 is 1.57. The Morgan fingerprint density at radius 2 is 1.63 bits per heavy atom. The summed E-state index contributed by atoms with van der Waals surface area (Å²) in [5.74, 6) is 0.123. The Labute approximate surface area is 163 Å². The molecule has 0 radical (unpaired) electrons. The van der Waals surface area contributed by atoms with Crippen molar-refractivity contribution in [2.45, 2.75) is 29.7 Å². The Morgan fingerprint density at radius 1 is 1.07 bits per heavy atom. The van der Waals surface area contributed by atoms with Crippen LogP contribution >= 0.6 is 11.8 Å². The molecular weight excluding hydrogens is 366 g/mol. The van der Waals surface area contributed by atoms with Gasteiger partial charge in [-0.15, -0.1) is 5.06 Å². The molecule has 0 spiro atoms. The number of hydroxylamine groups is 2. The Kier molecular flexibility index (Phi) is 7.84. The third kappa shape index (κ3) is 6.39.